The second-order valence-corrected chi connectivity index (χ2v) is 6.91. The van der Waals surface area contributed by atoms with E-state index in [1.165, 1.54) is 4.90 Å². The fourth-order valence-corrected chi connectivity index (χ4v) is 3.23. The van der Waals surface area contributed by atoms with Crippen molar-refractivity contribution in [2.24, 2.45) is 0 Å². The highest BCUT2D eigenvalue weighted by molar-refractivity contribution is 5.67. The Hall–Kier alpha value is -3.75. The summed E-state index contributed by atoms with van der Waals surface area (Å²) in [5, 5.41) is 15.5. The van der Waals surface area contributed by atoms with Crippen molar-refractivity contribution in [3.63, 3.8) is 0 Å². The third kappa shape index (κ3) is 4.57. The quantitative estimate of drug-likeness (QED) is 0.607. The van der Waals surface area contributed by atoms with Crippen LogP contribution in [0.5, 0.6) is 0 Å². The highest BCUT2D eigenvalue weighted by Crippen LogP contribution is 2.23. The molecule has 3 N–H and O–H groups in total. The second-order valence-electron chi connectivity index (χ2n) is 6.91. The van der Waals surface area contributed by atoms with E-state index in [4.69, 9.17) is 5.11 Å². The van der Waals surface area contributed by atoms with Crippen LogP contribution in [0.2, 0.25) is 0 Å². The zero-order valence-corrected chi connectivity index (χ0v) is 15.9. The van der Waals surface area contributed by atoms with Crippen molar-refractivity contribution in [2.75, 3.05) is 23.7 Å². The lowest BCUT2D eigenvalue weighted by molar-refractivity contribution is 0.155. The summed E-state index contributed by atoms with van der Waals surface area (Å²) in [4.78, 5) is 29.9. The first-order valence-corrected chi connectivity index (χ1v) is 9.29. The van der Waals surface area contributed by atoms with E-state index in [1.807, 2.05) is 31.2 Å². The van der Waals surface area contributed by atoms with E-state index in [0.29, 0.717) is 24.9 Å². The molecule has 3 aromatic rings. The summed E-state index contributed by atoms with van der Waals surface area (Å²) >= 11 is 0. The summed E-state index contributed by atoms with van der Waals surface area (Å²) in [6.45, 7) is 2.93. The molecular formula is C20H21N7O2. The summed E-state index contributed by atoms with van der Waals surface area (Å²) in [5.74, 6) is 1.16. The number of anilines is 3. The van der Waals surface area contributed by atoms with Gasteiger partial charge in [0.2, 0.25) is 5.95 Å². The van der Waals surface area contributed by atoms with Crippen LogP contribution in [-0.2, 0) is 0 Å². The first-order chi connectivity index (χ1) is 14.1. The Labute approximate surface area is 167 Å². The van der Waals surface area contributed by atoms with Crippen LogP contribution in [0.4, 0.5) is 22.2 Å². The molecule has 29 heavy (non-hydrogen) atoms. The van der Waals surface area contributed by atoms with Crippen LogP contribution >= 0.6 is 0 Å². The standard InChI is InChI=1S/C20H21N7O2/c1-13-3-2-4-18(24-13)26-19-22-9-15(10-23-19)14-7-17(11-21-8-14)25-16-5-6-27(12-16)20(28)29/h2-4,7-11,16,25H,5-6,12H2,1H3,(H,28,29)(H,22,23,24,26)/t16-/m0/s1. The predicted molar refractivity (Wildman–Crippen MR) is 109 cm³/mol. The predicted octanol–water partition coefficient (Wildman–Crippen LogP) is 3.15. The van der Waals surface area contributed by atoms with E-state index in [2.05, 4.69) is 30.6 Å². The molecule has 0 bridgehead atoms. The van der Waals surface area contributed by atoms with Gasteiger partial charge in [-0.1, -0.05) is 6.07 Å². The van der Waals surface area contributed by atoms with E-state index < -0.39 is 6.09 Å². The monoisotopic (exact) mass is 391 g/mol. The summed E-state index contributed by atoms with van der Waals surface area (Å²) in [7, 11) is 0. The molecular weight excluding hydrogens is 370 g/mol. The van der Waals surface area contributed by atoms with Gasteiger partial charge in [0, 0.05) is 60.7 Å². The number of aromatic nitrogens is 4. The van der Waals surface area contributed by atoms with E-state index in [1.54, 1.807) is 24.8 Å². The van der Waals surface area contributed by atoms with Crippen molar-refractivity contribution in [1.82, 2.24) is 24.8 Å². The molecule has 1 aliphatic heterocycles. The number of nitrogens with zero attached hydrogens (tertiary/aromatic N) is 5. The van der Waals surface area contributed by atoms with Crippen molar-refractivity contribution in [3.8, 4) is 11.1 Å². The van der Waals surface area contributed by atoms with Crippen LogP contribution in [0, 0.1) is 6.92 Å². The minimum Gasteiger partial charge on any atom is -0.465 e. The largest absolute Gasteiger partial charge is 0.465 e. The molecule has 148 valence electrons. The van der Waals surface area contributed by atoms with Crippen LogP contribution < -0.4 is 10.6 Å². The van der Waals surface area contributed by atoms with Gasteiger partial charge in [0.05, 0.1) is 5.69 Å². The molecule has 0 aliphatic carbocycles. The highest BCUT2D eigenvalue weighted by atomic mass is 16.4. The summed E-state index contributed by atoms with van der Waals surface area (Å²) < 4.78 is 0. The Balaban J connectivity index is 1.43. The highest BCUT2D eigenvalue weighted by Gasteiger charge is 2.25. The van der Waals surface area contributed by atoms with Crippen LogP contribution in [0.25, 0.3) is 11.1 Å². The lowest BCUT2D eigenvalue weighted by atomic mass is 10.1. The van der Waals surface area contributed by atoms with Crippen molar-refractivity contribution in [3.05, 3.63) is 54.7 Å². The Morgan fingerprint density at radius 1 is 1.17 bits per heavy atom. The molecule has 1 atom stereocenters. The van der Waals surface area contributed by atoms with Crippen LogP contribution in [0.3, 0.4) is 0 Å². The normalized spacial score (nSPS) is 15.9. The number of carboxylic acid groups (broad SMARTS) is 1. The van der Waals surface area contributed by atoms with E-state index in [0.717, 1.165) is 28.9 Å². The minimum atomic E-state index is -0.882. The number of rotatable bonds is 5. The molecule has 0 radical (unpaired) electrons. The first kappa shape index (κ1) is 18.6. The van der Waals surface area contributed by atoms with E-state index >= 15 is 0 Å². The third-order valence-corrected chi connectivity index (χ3v) is 4.68. The number of hydrogen-bond acceptors (Lipinski definition) is 7. The molecule has 0 saturated carbocycles. The third-order valence-electron chi connectivity index (χ3n) is 4.68. The Bertz CT molecular complexity index is 1010. The average molecular weight is 391 g/mol. The SMILES string of the molecule is Cc1cccc(Nc2ncc(-c3cncc(N[C@H]4CCN(C(=O)O)C4)c3)cn2)n1. The number of pyridine rings is 2. The number of amides is 1. The van der Waals surface area contributed by atoms with Gasteiger partial charge < -0.3 is 20.6 Å². The second kappa shape index (κ2) is 8.09. The van der Waals surface area contributed by atoms with Gasteiger partial charge in [0.15, 0.2) is 0 Å². The molecule has 1 saturated heterocycles. The molecule has 9 heteroatoms. The Kier molecular flexibility index (Phi) is 5.19. The Morgan fingerprint density at radius 2 is 2.00 bits per heavy atom. The van der Waals surface area contributed by atoms with Crippen molar-refractivity contribution in [2.45, 2.75) is 19.4 Å². The van der Waals surface area contributed by atoms with Gasteiger partial charge in [-0.2, -0.15) is 0 Å². The van der Waals surface area contributed by atoms with Crippen molar-refractivity contribution >= 4 is 23.5 Å². The molecule has 0 spiro atoms. The summed E-state index contributed by atoms with van der Waals surface area (Å²) in [6.07, 6.45) is 6.83. The van der Waals surface area contributed by atoms with Gasteiger partial charge >= 0.3 is 6.09 Å². The molecule has 4 rings (SSSR count). The number of likely N-dealkylation sites (tertiary alicyclic amines) is 1. The first-order valence-electron chi connectivity index (χ1n) is 9.29. The van der Waals surface area contributed by atoms with Crippen LogP contribution in [-0.4, -0.2) is 55.2 Å². The van der Waals surface area contributed by atoms with E-state index in [-0.39, 0.29) is 6.04 Å². The zero-order chi connectivity index (χ0) is 20.2. The van der Waals surface area contributed by atoms with Gasteiger partial charge in [-0.15, -0.1) is 0 Å². The molecule has 4 heterocycles. The maximum Gasteiger partial charge on any atom is 0.407 e. The molecule has 0 unspecified atom stereocenters. The van der Waals surface area contributed by atoms with Gasteiger partial charge in [0.1, 0.15) is 5.82 Å². The average Bonchev–Trinajstić information content (AvgIpc) is 3.18. The van der Waals surface area contributed by atoms with Gasteiger partial charge in [0.25, 0.3) is 0 Å². The molecule has 1 fully saturated rings. The van der Waals surface area contributed by atoms with Crippen LogP contribution in [0.15, 0.2) is 49.1 Å². The number of aryl methyl sites for hydroxylation is 1. The van der Waals surface area contributed by atoms with Crippen molar-refractivity contribution in [1.29, 1.82) is 0 Å². The van der Waals surface area contributed by atoms with Crippen molar-refractivity contribution < 1.29 is 9.90 Å². The number of nitrogens with one attached hydrogen (secondary N) is 2. The lowest BCUT2D eigenvalue weighted by Gasteiger charge is -2.15. The number of carbonyl (C=O) groups is 1. The lowest BCUT2D eigenvalue weighted by Crippen LogP contribution is -2.30. The van der Waals surface area contributed by atoms with E-state index in [9.17, 15) is 4.79 Å². The zero-order valence-electron chi connectivity index (χ0n) is 15.9. The van der Waals surface area contributed by atoms with Gasteiger partial charge in [-0.05, 0) is 31.5 Å². The van der Waals surface area contributed by atoms with Gasteiger partial charge in [-0.25, -0.2) is 19.7 Å². The molecule has 1 amide bonds. The molecule has 9 nitrogen and oxygen atoms in total. The van der Waals surface area contributed by atoms with Crippen LogP contribution in [0.1, 0.15) is 12.1 Å². The Morgan fingerprint density at radius 3 is 2.72 bits per heavy atom. The minimum absolute atomic E-state index is 0.0767. The molecule has 3 aromatic heterocycles. The molecule has 0 aromatic carbocycles. The maximum absolute atomic E-state index is 11.1. The summed E-state index contributed by atoms with van der Waals surface area (Å²) in [6, 6.07) is 7.74. The smallest absolute Gasteiger partial charge is 0.407 e. The fraction of sp³-hybridized carbons (Fsp3) is 0.250. The fourth-order valence-electron chi connectivity index (χ4n) is 3.23. The van der Waals surface area contributed by atoms with Gasteiger partial charge in [-0.3, -0.25) is 4.98 Å². The maximum atomic E-state index is 11.1. The topological polar surface area (TPSA) is 116 Å². The molecule has 1 aliphatic rings. The summed E-state index contributed by atoms with van der Waals surface area (Å²) in [5.41, 5.74) is 3.47. The number of hydrogen-bond donors (Lipinski definition) is 3.